The van der Waals surface area contributed by atoms with E-state index in [2.05, 4.69) is 0 Å². The third-order valence-corrected chi connectivity index (χ3v) is 3.14. The highest BCUT2D eigenvalue weighted by Gasteiger charge is 2.41. The van der Waals surface area contributed by atoms with Gasteiger partial charge in [0.25, 0.3) is 0 Å². The van der Waals surface area contributed by atoms with E-state index >= 15 is 0 Å². The molecular formula is C12H22F3NO2. The van der Waals surface area contributed by atoms with Crippen LogP contribution in [0.15, 0.2) is 0 Å². The van der Waals surface area contributed by atoms with Crippen molar-refractivity contribution in [3.05, 3.63) is 0 Å². The second-order valence-electron chi connectivity index (χ2n) is 5.15. The molecule has 1 saturated heterocycles. The number of alkyl halides is 3. The molecule has 18 heavy (non-hydrogen) atoms. The van der Waals surface area contributed by atoms with Gasteiger partial charge in [0, 0.05) is 6.54 Å². The summed E-state index contributed by atoms with van der Waals surface area (Å²) in [6, 6.07) is 0. The van der Waals surface area contributed by atoms with Gasteiger partial charge >= 0.3 is 6.18 Å². The highest BCUT2D eigenvalue weighted by Crippen LogP contribution is 2.33. The zero-order valence-electron chi connectivity index (χ0n) is 10.9. The Morgan fingerprint density at radius 1 is 1.28 bits per heavy atom. The normalized spacial score (nSPS) is 21.5. The molecule has 0 aromatic heterocycles. The molecule has 108 valence electrons. The van der Waals surface area contributed by atoms with Gasteiger partial charge in [-0.2, -0.15) is 13.2 Å². The van der Waals surface area contributed by atoms with Crippen molar-refractivity contribution in [2.75, 3.05) is 26.2 Å². The minimum Gasteiger partial charge on any atom is -0.389 e. The van der Waals surface area contributed by atoms with Crippen LogP contribution < -0.4 is 0 Å². The lowest BCUT2D eigenvalue weighted by Crippen LogP contribution is -2.43. The second-order valence-corrected chi connectivity index (χ2v) is 5.15. The van der Waals surface area contributed by atoms with E-state index in [1.165, 1.54) is 0 Å². The quantitative estimate of drug-likeness (QED) is 0.829. The molecule has 1 fully saturated rings. The summed E-state index contributed by atoms with van der Waals surface area (Å²) < 4.78 is 42.6. The van der Waals surface area contributed by atoms with Crippen molar-refractivity contribution in [2.24, 2.45) is 5.92 Å². The number of ether oxygens (including phenoxy) is 1. The molecule has 0 amide bonds. The molecule has 0 aromatic carbocycles. The Balaban J connectivity index is 2.23. The predicted molar refractivity (Wildman–Crippen MR) is 62.3 cm³/mol. The molecule has 0 aromatic rings. The summed E-state index contributed by atoms with van der Waals surface area (Å²) >= 11 is 0. The molecule has 0 bridgehead atoms. The predicted octanol–water partition coefficient (Wildman–Crippen LogP) is 2.05. The topological polar surface area (TPSA) is 32.7 Å². The van der Waals surface area contributed by atoms with Crippen LogP contribution in [0.1, 0.15) is 26.7 Å². The van der Waals surface area contributed by atoms with E-state index in [1.54, 1.807) is 0 Å². The summed E-state index contributed by atoms with van der Waals surface area (Å²) in [5, 5.41) is 9.69. The van der Waals surface area contributed by atoms with Crippen LogP contribution in [-0.2, 0) is 4.74 Å². The third kappa shape index (κ3) is 5.54. The largest absolute Gasteiger partial charge is 0.391 e. The van der Waals surface area contributed by atoms with Crippen LogP contribution >= 0.6 is 0 Å². The van der Waals surface area contributed by atoms with Gasteiger partial charge in [0.15, 0.2) is 0 Å². The number of likely N-dealkylation sites (tertiary alicyclic amines) is 1. The van der Waals surface area contributed by atoms with E-state index in [4.69, 9.17) is 4.74 Å². The van der Waals surface area contributed by atoms with Gasteiger partial charge in [-0.25, -0.2) is 0 Å². The van der Waals surface area contributed by atoms with Crippen molar-refractivity contribution >= 4 is 0 Å². The van der Waals surface area contributed by atoms with Crippen LogP contribution in [0.2, 0.25) is 0 Å². The molecule has 1 aliphatic rings. The van der Waals surface area contributed by atoms with Crippen molar-refractivity contribution in [1.29, 1.82) is 0 Å². The number of piperidine rings is 1. The molecule has 0 aliphatic carbocycles. The smallest absolute Gasteiger partial charge is 0.389 e. The average Bonchev–Trinajstić information content (AvgIpc) is 2.26. The van der Waals surface area contributed by atoms with Gasteiger partial charge in [-0.1, -0.05) is 0 Å². The first-order valence-corrected chi connectivity index (χ1v) is 6.37. The van der Waals surface area contributed by atoms with Gasteiger partial charge in [-0.05, 0) is 39.8 Å². The van der Waals surface area contributed by atoms with Crippen molar-refractivity contribution in [2.45, 2.75) is 45.1 Å². The summed E-state index contributed by atoms with van der Waals surface area (Å²) in [5.41, 5.74) is 0. The number of rotatable bonds is 5. The highest BCUT2D eigenvalue weighted by atomic mass is 19.4. The van der Waals surface area contributed by atoms with E-state index < -0.39 is 18.2 Å². The van der Waals surface area contributed by atoms with Gasteiger partial charge < -0.3 is 14.7 Å². The van der Waals surface area contributed by atoms with E-state index in [0.29, 0.717) is 19.6 Å². The van der Waals surface area contributed by atoms with Gasteiger partial charge in [-0.15, -0.1) is 0 Å². The Hall–Kier alpha value is -0.330. The van der Waals surface area contributed by atoms with Gasteiger partial charge in [-0.3, -0.25) is 0 Å². The molecular weight excluding hydrogens is 247 g/mol. The summed E-state index contributed by atoms with van der Waals surface area (Å²) in [6.07, 6.45) is -4.40. The number of hydrogen-bond acceptors (Lipinski definition) is 3. The molecule has 1 heterocycles. The van der Waals surface area contributed by atoms with Crippen molar-refractivity contribution < 1.29 is 23.0 Å². The molecule has 1 rings (SSSR count). The minimum absolute atomic E-state index is 0.0515. The maximum atomic E-state index is 12.5. The number of nitrogens with zero attached hydrogens (tertiary/aromatic N) is 1. The molecule has 6 heteroatoms. The Morgan fingerprint density at radius 2 is 1.83 bits per heavy atom. The Morgan fingerprint density at radius 3 is 2.28 bits per heavy atom. The number of hydrogen-bond donors (Lipinski definition) is 1. The molecule has 3 nitrogen and oxygen atoms in total. The minimum atomic E-state index is -4.08. The van der Waals surface area contributed by atoms with Crippen molar-refractivity contribution in [1.82, 2.24) is 4.90 Å². The monoisotopic (exact) mass is 269 g/mol. The lowest BCUT2D eigenvalue weighted by molar-refractivity contribution is -0.185. The molecule has 1 unspecified atom stereocenters. The number of aliphatic hydroxyl groups is 1. The zero-order valence-corrected chi connectivity index (χ0v) is 10.9. The lowest BCUT2D eigenvalue weighted by atomic mass is 9.96. The Bertz CT molecular complexity index is 238. The van der Waals surface area contributed by atoms with Crippen LogP contribution in [0.25, 0.3) is 0 Å². The van der Waals surface area contributed by atoms with Crippen molar-refractivity contribution in [3.8, 4) is 0 Å². The molecule has 0 saturated carbocycles. The van der Waals surface area contributed by atoms with Gasteiger partial charge in [0.05, 0.1) is 24.7 Å². The van der Waals surface area contributed by atoms with Crippen LogP contribution in [-0.4, -0.2) is 54.6 Å². The standard InChI is InChI=1S/C12H22F3NO2/c1-9(2)18-8-11(17)7-16-5-3-10(4-6-16)12(13,14)15/h9-11,17H,3-8H2,1-2H3. The van der Waals surface area contributed by atoms with Crippen LogP contribution in [0.3, 0.4) is 0 Å². The summed E-state index contributed by atoms with van der Waals surface area (Å²) in [5.74, 6) is -1.18. The zero-order chi connectivity index (χ0) is 13.8. The van der Waals surface area contributed by atoms with Gasteiger partial charge in [0.1, 0.15) is 0 Å². The number of aliphatic hydroxyl groups excluding tert-OH is 1. The first kappa shape index (κ1) is 15.7. The fraction of sp³-hybridized carbons (Fsp3) is 1.00. The first-order chi connectivity index (χ1) is 8.29. The molecule has 0 spiro atoms. The molecule has 1 aliphatic heterocycles. The lowest BCUT2D eigenvalue weighted by Gasteiger charge is -2.33. The molecule has 1 N–H and O–H groups in total. The average molecular weight is 269 g/mol. The first-order valence-electron chi connectivity index (χ1n) is 6.37. The van der Waals surface area contributed by atoms with Crippen LogP contribution in [0.4, 0.5) is 13.2 Å². The summed E-state index contributed by atoms with van der Waals surface area (Å²) in [7, 11) is 0. The second kappa shape index (κ2) is 6.73. The number of halogens is 3. The van der Waals surface area contributed by atoms with E-state index in [9.17, 15) is 18.3 Å². The summed E-state index contributed by atoms with van der Waals surface area (Å²) in [4.78, 5) is 1.87. The maximum Gasteiger partial charge on any atom is 0.391 e. The SMILES string of the molecule is CC(C)OCC(O)CN1CCC(C(F)(F)F)CC1. The highest BCUT2D eigenvalue weighted by molar-refractivity contribution is 4.78. The van der Waals surface area contributed by atoms with Crippen molar-refractivity contribution in [3.63, 3.8) is 0 Å². The van der Waals surface area contributed by atoms with E-state index in [1.807, 2.05) is 18.7 Å². The van der Waals surface area contributed by atoms with Crippen LogP contribution in [0.5, 0.6) is 0 Å². The molecule has 0 radical (unpaired) electrons. The fourth-order valence-corrected chi connectivity index (χ4v) is 2.10. The Kier molecular flexibility index (Phi) is 5.88. The van der Waals surface area contributed by atoms with E-state index in [0.717, 1.165) is 0 Å². The summed E-state index contributed by atoms with van der Waals surface area (Å²) in [6.45, 7) is 5.16. The maximum absolute atomic E-state index is 12.5. The van der Waals surface area contributed by atoms with E-state index in [-0.39, 0.29) is 25.6 Å². The van der Waals surface area contributed by atoms with Gasteiger partial charge in [0.2, 0.25) is 0 Å². The molecule has 1 atom stereocenters. The fourth-order valence-electron chi connectivity index (χ4n) is 2.10. The van der Waals surface area contributed by atoms with Crippen LogP contribution in [0, 0.1) is 5.92 Å². The third-order valence-electron chi connectivity index (χ3n) is 3.14. The number of β-amino-alcohol motifs (C(OH)–C–C–N with tert-alkyl or cyclic N) is 1. The Labute approximate surface area is 106 Å².